The lowest BCUT2D eigenvalue weighted by molar-refractivity contribution is 0.0169. The van der Waals surface area contributed by atoms with Gasteiger partial charge in [-0.3, -0.25) is 9.89 Å². The average Bonchev–Trinajstić information content (AvgIpc) is 2.77. The van der Waals surface area contributed by atoms with E-state index in [4.69, 9.17) is 4.74 Å². The molecule has 0 aliphatic carbocycles. The third-order valence-corrected chi connectivity index (χ3v) is 6.26. The zero-order valence-electron chi connectivity index (χ0n) is 19.0. The van der Waals surface area contributed by atoms with E-state index in [1.807, 2.05) is 6.07 Å². The van der Waals surface area contributed by atoms with Crippen molar-refractivity contribution >= 4 is 29.9 Å². The highest BCUT2D eigenvalue weighted by Gasteiger charge is 2.23. The number of benzene rings is 1. The van der Waals surface area contributed by atoms with Crippen LogP contribution in [0.25, 0.3) is 0 Å². The highest BCUT2D eigenvalue weighted by atomic mass is 127. The molecule has 0 bridgehead atoms. The van der Waals surface area contributed by atoms with Crippen LogP contribution < -0.4 is 10.6 Å². The van der Waals surface area contributed by atoms with Crippen molar-refractivity contribution < 1.29 is 9.13 Å². The highest BCUT2D eigenvalue weighted by Crippen LogP contribution is 2.22. The molecule has 2 N–H and O–H groups in total. The van der Waals surface area contributed by atoms with Gasteiger partial charge in [0.25, 0.3) is 0 Å². The first-order valence-corrected chi connectivity index (χ1v) is 11.4. The average molecular weight is 548 g/mol. The third-order valence-electron chi connectivity index (χ3n) is 6.26. The molecule has 1 aromatic rings. The topological polar surface area (TPSA) is 52.1 Å². The summed E-state index contributed by atoms with van der Waals surface area (Å²) in [4.78, 5) is 9.33. The van der Waals surface area contributed by atoms with Gasteiger partial charge < -0.3 is 20.3 Å². The lowest BCUT2D eigenvalue weighted by Gasteiger charge is -2.35. The second kappa shape index (κ2) is 14.2. The molecule has 2 heterocycles. The predicted molar refractivity (Wildman–Crippen MR) is 136 cm³/mol. The zero-order valence-corrected chi connectivity index (χ0v) is 21.3. The van der Waals surface area contributed by atoms with Crippen molar-refractivity contribution in [2.75, 3.05) is 59.5 Å². The molecule has 2 atom stereocenters. The van der Waals surface area contributed by atoms with Crippen molar-refractivity contribution in [3.05, 3.63) is 35.6 Å². The molecule has 0 aromatic heterocycles. The molecule has 0 amide bonds. The normalized spacial score (nSPS) is 21.9. The molecule has 2 aliphatic heterocycles. The Balaban J connectivity index is 0.00000341. The molecular formula is C23H39FIN5O. The largest absolute Gasteiger partial charge is 0.379 e. The lowest BCUT2D eigenvalue weighted by atomic mass is 10.0. The van der Waals surface area contributed by atoms with Crippen molar-refractivity contribution in [2.24, 2.45) is 4.99 Å². The standard InChI is InChI=1S/C23H38FN5O.HI/c1-19-7-3-4-11-28(19)12-6-10-26-23(25-2)27-18-22(29-13-15-30-16-14-29)20-8-5-9-21(24)17-20;/h5,8-9,17,19,22H,3-4,6-7,10-16,18H2,1-2H3,(H2,25,26,27);1H. The Bertz CT molecular complexity index is 671. The molecule has 2 unspecified atom stereocenters. The SMILES string of the molecule is CN=C(NCCCN1CCCCC1C)NCC(c1cccc(F)c1)N1CCOCC1.I. The van der Waals surface area contributed by atoms with Crippen LogP contribution in [0, 0.1) is 5.82 Å². The van der Waals surface area contributed by atoms with Gasteiger partial charge in [-0.1, -0.05) is 18.6 Å². The molecule has 176 valence electrons. The Labute approximate surface area is 204 Å². The van der Waals surface area contributed by atoms with Crippen molar-refractivity contribution in [3.8, 4) is 0 Å². The van der Waals surface area contributed by atoms with E-state index < -0.39 is 0 Å². The van der Waals surface area contributed by atoms with E-state index in [0.717, 1.165) is 44.1 Å². The summed E-state index contributed by atoms with van der Waals surface area (Å²) >= 11 is 0. The monoisotopic (exact) mass is 547 g/mol. The molecule has 0 spiro atoms. The van der Waals surface area contributed by atoms with Gasteiger partial charge in [0.15, 0.2) is 5.96 Å². The van der Waals surface area contributed by atoms with E-state index in [2.05, 4.69) is 32.3 Å². The zero-order chi connectivity index (χ0) is 21.2. The van der Waals surface area contributed by atoms with E-state index in [-0.39, 0.29) is 35.8 Å². The van der Waals surface area contributed by atoms with Gasteiger partial charge in [0.2, 0.25) is 0 Å². The van der Waals surface area contributed by atoms with Crippen LogP contribution in [0.4, 0.5) is 4.39 Å². The number of rotatable bonds is 8. The van der Waals surface area contributed by atoms with E-state index in [9.17, 15) is 4.39 Å². The first-order valence-electron chi connectivity index (χ1n) is 11.4. The van der Waals surface area contributed by atoms with Crippen molar-refractivity contribution in [1.29, 1.82) is 0 Å². The summed E-state index contributed by atoms with van der Waals surface area (Å²) in [6.07, 6.45) is 5.10. The minimum absolute atomic E-state index is 0. The summed E-state index contributed by atoms with van der Waals surface area (Å²) in [5.41, 5.74) is 0.985. The predicted octanol–water partition coefficient (Wildman–Crippen LogP) is 3.25. The minimum atomic E-state index is -0.194. The summed E-state index contributed by atoms with van der Waals surface area (Å²) in [6.45, 7) is 9.39. The maximum Gasteiger partial charge on any atom is 0.191 e. The van der Waals surface area contributed by atoms with Crippen LogP contribution in [0.1, 0.15) is 44.2 Å². The quantitative estimate of drug-likeness (QED) is 0.227. The van der Waals surface area contributed by atoms with Crippen LogP contribution in [0.5, 0.6) is 0 Å². The summed E-state index contributed by atoms with van der Waals surface area (Å²) < 4.78 is 19.3. The number of piperidine rings is 1. The summed E-state index contributed by atoms with van der Waals surface area (Å²) in [5, 5.41) is 6.89. The Hall–Kier alpha value is -0.970. The fraction of sp³-hybridized carbons (Fsp3) is 0.696. The summed E-state index contributed by atoms with van der Waals surface area (Å²) in [6, 6.07) is 7.71. The first-order chi connectivity index (χ1) is 14.7. The fourth-order valence-corrected chi connectivity index (χ4v) is 4.45. The number of halogens is 2. The van der Waals surface area contributed by atoms with Crippen LogP contribution in [0.3, 0.4) is 0 Å². The maximum atomic E-state index is 13.8. The molecule has 6 nitrogen and oxygen atoms in total. The molecule has 2 saturated heterocycles. The van der Waals surface area contributed by atoms with Crippen LogP contribution in [-0.4, -0.2) is 81.3 Å². The van der Waals surface area contributed by atoms with Gasteiger partial charge in [0.05, 0.1) is 19.3 Å². The molecular weight excluding hydrogens is 508 g/mol. The Kier molecular flexibility index (Phi) is 12.1. The summed E-state index contributed by atoms with van der Waals surface area (Å²) in [7, 11) is 1.80. The van der Waals surface area contributed by atoms with Crippen molar-refractivity contribution in [2.45, 2.75) is 44.7 Å². The second-order valence-corrected chi connectivity index (χ2v) is 8.33. The molecule has 31 heavy (non-hydrogen) atoms. The number of hydrogen-bond donors (Lipinski definition) is 2. The van der Waals surface area contributed by atoms with Crippen LogP contribution in [-0.2, 0) is 4.74 Å². The Morgan fingerprint density at radius 2 is 2.03 bits per heavy atom. The van der Waals surface area contributed by atoms with Gasteiger partial charge in [-0.15, -0.1) is 24.0 Å². The molecule has 3 rings (SSSR count). The van der Waals surface area contributed by atoms with Crippen LogP contribution in [0.2, 0.25) is 0 Å². The Morgan fingerprint density at radius 1 is 1.23 bits per heavy atom. The van der Waals surface area contributed by atoms with Crippen molar-refractivity contribution in [3.63, 3.8) is 0 Å². The maximum absolute atomic E-state index is 13.8. The molecule has 2 fully saturated rings. The van der Waals surface area contributed by atoms with Gasteiger partial charge in [-0.25, -0.2) is 4.39 Å². The smallest absolute Gasteiger partial charge is 0.191 e. The lowest BCUT2D eigenvalue weighted by Crippen LogP contribution is -2.46. The number of ether oxygens (including phenoxy) is 1. The van der Waals surface area contributed by atoms with Gasteiger partial charge in [0.1, 0.15) is 5.82 Å². The van der Waals surface area contributed by atoms with Gasteiger partial charge in [0, 0.05) is 45.8 Å². The summed E-state index contributed by atoms with van der Waals surface area (Å²) in [5.74, 6) is 0.608. The number of nitrogens with zero attached hydrogens (tertiary/aromatic N) is 3. The number of likely N-dealkylation sites (tertiary alicyclic amines) is 1. The number of guanidine groups is 1. The van der Waals surface area contributed by atoms with E-state index in [1.165, 1.54) is 31.9 Å². The molecule has 1 aromatic carbocycles. The third kappa shape index (κ3) is 8.47. The minimum Gasteiger partial charge on any atom is -0.379 e. The van der Waals surface area contributed by atoms with E-state index >= 15 is 0 Å². The second-order valence-electron chi connectivity index (χ2n) is 8.33. The highest BCUT2D eigenvalue weighted by molar-refractivity contribution is 14.0. The van der Waals surface area contributed by atoms with Crippen LogP contribution >= 0.6 is 24.0 Å². The number of aliphatic imine (C=N–C) groups is 1. The number of hydrogen-bond acceptors (Lipinski definition) is 4. The number of morpholine rings is 1. The van der Waals surface area contributed by atoms with Crippen molar-refractivity contribution in [1.82, 2.24) is 20.4 Å². The molecule has 0 radical (unpaired) electrons. The van der Waals surface area contributed by atoms with Gasteiger partial charge >= 0.3 is 0 Å². The first kappa shape index (κ1) is 26.3. The van der Waals surface area contributed by atoms with Crippen LogP contribution in [0.15, 0.2) is 29.3 Å². The van der Waals surface area contributed by atoms with Gasteiger partial charge in [-0.2, -0.15) is 0 Å². The van der Waals surface area contributed by atoms with E-state index in [0.29, 0.717) is 25.8 Å². The number of nitrogens with one attached hydrogen (secondary N) is 2. The van der Waals surface area contributed by atoms with E-state index in [1.54, 1.807) is 19.2 Å². The Morgan fingerprint density at radius 3 is 2.74 bits per heavy atom. The van der Waals surface area contributed by atoms with Gasteiger partial charge in [-0.05, 0) is 50.4 Å². The fourth-order valence-electron chi connectivity index (χ4n) is 4.45. The molecule has 0 saturated carbocycles. The molecule has 8 heteroatoms. The molecule has 2 aliphatic rings.